The molecule has 0 rings (SSSR count). The van der Waals surface area contributed by atoms with Crippen LogP contribution in [0.2, 0.25) is 0 Å². The van der Waals surface area contributed by atoms with Crippen LogP contribution in [0, 0.1) is 61.4 Å². The normalized spacial score (nSPS) is 11.6. The molecule has 0 fully saturated rings. The van der Waals surface area contributed by atoms with E-state index in [4.69, 9.17) is 31.6 Å². The molecule has 0 saturated carbocycles. The molecule has 6 nitrogen and oxygen atoms in total. The van der Waals surface area contributed by atoms with E-state index in [-0.39, 0.29) is 33.0 Å². The number of hydrogen-bond donors (Lipinski definition) is 0. The van der Waals surface area contributed by atoms with Gasteiger partial charge < -0.3 is 0 Å². The molecule has 82 valence electrons. The minimum atomic E-state index is -6.17. The van der Waals surface area contributed by atoms with E-state index in [1.54, 1.807) is 0 Å². The fraction of sp³-hybridized carbons (Fsp3) is 0. The third kappa shape index (κ3) is 1.68. The molecule has 0 aliphatic rings. The van der Waals surface area contributed by atoms with Crippen LogP contribution in [-0.4, -0.2) is 0 Å². The standard InChI is InChI=1S/6CN.Fe.2Ni/c6*1-2;;;/q;;;;;;-4;2*+2. The minimum absolute atomic E-state index is 0. The molecule has 0 aliphatic carbocycles. The fourth-order valence-corrected chi connectivity index (χ4v) is 1.09. The molecule has 0 bridgehead atoms. The van der Waals surface area contributed by atoms with Gasteiger partial charge in [0.05, 0.1) is 0 Å². The Morgan fingerprint density at radius 3 is 0.600 bits per heavy atom. The van der Waals surface area contributed by atoms with Gasteiger partial charge in [-0.1, -0.05) is 0 Å². The topological polar surface area (TPSA) is 143 Å². The molecule has 0 spiro atoms. The monoisotopic (exact) mass is 328 g/mol. The third-order valence-corrected chi connectivity index (χ3v) is 4.89. The van der Waals surface area contributed by atoms with Crippen LogP contribution in [0.5, 0.6) is 0 Å². The molecule has 15 heavy (non-hydrogen) atoms. The summed E-state index contributed by atoms with van der Waals surface area (Å²) in [5, 5.41) is 51.5. The van der Waals surface area contributed by atoms with Crippen molar-refractivity contribution in [2.45, 2.75) is 0 Å². The second kappa shape index (κ2) is 4.31. The van der Waals surface area contributed by atoms with Gasteiger partial charge in [0.25, 0.3) is 0 Å². The maximum Gasteiger partial charge on any atom is 2.00 e. The number of rotatable bonds is 0. The van der Waals surface area contributed by atoms with Crippen molar-refractivity contribution in [3.8, 4) is 29.8 Å². The Labute approximate surface area is 105 Å². The van der Waals surface area contributed by atoms with E-state index < -0.39 is 10.7 Å². The molecule has 0 radical (unpaired) electrons. The Morgan fingerprint density at radius 2 is 0.600 bits per heavy atom. The van der Waals surface area contributed by atoms with Gasteiger partial charge >= 0.3 is 105 Å². The first kappa shape index (κ1) is 19.1. The Hall–Kier alpha value is -1.55. The molecule has 0 aromatic heterocycles. The average molecular weight is 329 g/mol. The van der Waals surface area contributed by atoms with Crippen LogP contribution in [-0.2, 0) is 43.7 Å². The van der Waals surface area contributed by atoms with E-state index in [0.29, 0.717) is 0 Å². The van der Waals surface area contributed by atoms with Crippen LogP contribution in [0.1, 0.15) is 0 Å². The largest absolute Gasteiger partial charge is 2.00 e. The summed E-state index contributed by atoms with van der Waals surface area (Å²) < 4.78 is 0. The average Bonchev–Trinajstić information content (AvgIpc) is 2.26. The molecule has 0 aliphatic heterocycles. The molecule has 0 saturated heterocycles. The molecule has 0 heterocycles. The second-order valence-electron chi connectivity index (χ2n) is 1.80. The van der Waals surface area contributed by atoms with Gasteiger partial charge in [0, 0.05) is 0 Å². The summed E-state index contributed by atoms with van der Waals surface area (Å²) in [5.74, 6) is 0. The molecule has 0 aromatic rings. The van der Waals surface area contributed by atoms with Crippen molar-refractivity contribution in [1.82, 2.24) is 0 Å². The maximum absolute atomic E-state index is 8.58. The Bertz CT molecular complexity index is 395. The van der Waals surface area contributed by atoms with E-state index in [1.807, 2.05) is 0 Å². The Balaban J connectivity index is -0.000000720. The van der Waals surface area contributed by atoms with Gasteiger partial charge in [-0.05, 0) is 0 Å². The van der Waals surface area contributed by atoms with Gasteiger partial charge in [0.2, 0.25) is 0 Å². The summed E-state index contributed by atoms with van der Waals surface area (Å²) in [6, 6.07) is 0. The minimum Gasteiger partial charge on any atom is 2.00 e. The van der Waals surface area contributed by atoms with Crippen LogP contribution in [0.3, 0.4) is 0 Å². The van der Waals surface area contributed by atoms with Crippen molar-refractivity contribution in [1.29, 1.82) is 31.6 Å². The predicted octanol–water partition coefficient (Wildman–Crippen LogP) is 0.0932. The smallest absolute Gasteiger partial charge is 2.00 e. The molecule has 0 amide bonds. The predicted molar refractivity (Wildman–Crippen MR) is 33.7 cm³/mol. The fourth-order valence-electron chi connectivity index (χ4n) is 0.265. The Morgan fingerprint density at radius 1 is 0.467 bits per heavy atom. The summed E-state index contributed by atoms with van der Waals surface area (Å²) in [5.41, 5.74) is 0. The van der Waals surface area contributed by atoms with Gasteiger partial charge in [-0.2, -0.15) is 0 Å². The quantitative estimate of drug-likeness (QED) is 0.576. The van der Waals surface area contributed by atoms with Gasteiger partial charge in [-0.3, -0.25) is 0 Å². The van der Waals surface area contributed by atoms with Crippen molar-refractivity contribution >= 4 is 0 Å². The summed E-state index contributed by atoms with van der Waals surface area (Å²) in [6.45, 7) is 0. The first-order valence-electron chi connectivity index (χ1n) is 2.40. The van der Waals surface area contributed by atoms with Gasteiger partial charge in [-0.25, -0.2) is 0 Å². The second-order valence-corrected chi connectivity index (χ2v) is 7.42. The molecule has 0 aromatic carbocycles. The SMILES string of the molecule is N#[C][Fe-4]([C]#N)([C]#N)([C]#N)([C]#N)[C]#N.[Ni+2].[Ni+2]. The van der Waals surface area contributed by atoms with Crippen LogP contribution in [0.15, 0.2) is 0 Å². The molecule has 9 heteroatoms. The number of nitrogens with zero attached hydrogens (tertiary/aromatic N) is 6. The van der Waals surface area contributed by atoms with Crippen LogP contribution >= 0.6 is 0 Å². The Kier molecular flexibility index (Phi) is 5.49. The maximum atomic E-state index is 8.58. The van der Waals surface area contributed by atoms with E-state index in [1.165, 1.54) is 0 Å². The van der Waals surface area contributed by atoms with Crippen LogP contribution in [0.4, 0.5) is 0 Å². The summed E-state index contributed by atoms with van der Waals surface area (Å²) >= 11 is 0. The van der Waals surface area contributed by atoms with Crippen molar-refractivity contribution in [2.75, 3.05) is 0 Å². The summed E-state index contributed by atoms with van der Waals surface area (Å²) in [7, 11) is -6.17. The van der Waals surface area contributed by atoms with E-state index in [2.05, 4.69) is 0 Å². The molecular formula is C6FeN6Ni2. The molecule has 0 atom stereocenters. The van der Waals surface area contributed by atoms with Crippen molar-refractivity contribution in [3.63, 3.8) is 0 Å². The van der Waals surface area contributed by atoms with Crippen molar-refractivity contribution in [2.24, 2.45) is 0 Å². The van der Waals surface area contributed by atoms with Gasteiger partial charge in [0.15, 0.2) is 0 Å². The first-order valence-corrected chi connectivity index (χ1v) is 5.71. The van der Waals surface area contributed by atoms with Crippen molar-refractivity contribution < 1.29 is 43.7 Å². The van der Waals surface area contributed by atoms with Crippen LogP contribution in [0.25, 0.3) is 0 Å². The van der Waals surface area contributed by atoms with Crippen LogP contribution < -0.4 is 0 Å². The first-order chi connectivity index (χ1) is 5.97. The molecular weight excluding hydrogens is 329 g/mol. The summed E-state index contributed by atoms with van der Waals surface area (Å²) in [6.07, 6.45) is 0. The molecule has 0 N–H and O–H groups in total. The van der Waals surface area contributed by atoms with E-state index in [9.17, 15) is 0 Å². The van der Waals surface area contributed by atoms with Crippen molar-refractivity contribution in [3.05, 3.63) is 0 Å². The number of hydrogen-bond acceptors (Lipinski definition) is 6. The van der Waals surface area contributed by atoms with E-state index >= 15 is 0 Å². The zero-order valence-corrected chi connectivity index (χ0v) is 9.75. The molecule has 0 unspecified atom stereocenters. The third-order valence-electron chi connectivity index (χ3n) is 1.19. The number of nitriles is 6. The van der Waals surface area contributed by atoms with Gasteiger partial charge in [-0.15, -0.1) is 0 Å². The van der Waals surface area contributed by atoms with E-state index in [0.717, 1.165) is 29.8 Å². The zero-order chi connectivity index (χ0) is 10.7. The van der Waals surface area contributed by atoms with Gasteiger partial charge in [0.1, 0.15) is 0 Å². The zero-order valence-electron chi connectivity index (χ0n) is 6.67. The summed E-state index contributed by atoms with van der Waals surface area (Å²) in [4.78, 5) is 6.19.